The Morgan fingerprint density at radius 1 is 0.769 bits per heavy atom. The van der Waals surface area contributed by atoms with Crippen LogP contribution >= 0.6 is 12.3 Å². The zero-order valence-corrected chi connectivity index (χ0v) is 12.1. The van der Waals surface area contributed by atoms with Gasteiger partial charge in [0, 0.05) is 0 Å². The molecule has 0 aromatic heterocycles. The molecule has 0 aromatic rings. The normalized spacial score (nSPS) is 2.92. The van der Waals surface area contributed by atoms with E-state index in [1.807, 2.05) is 13.6 Å². The zero-order valence-electron chi connectivity index (χ0n) is 7.24. The van der Waals surface area contributed by atoms with Crippen LogP contribution in [0.3, 0.4) is 0 Å². The molecule has 0 spiro atoms. The minimum atomic E-state index is -0.750. The van der Waals surface area contributed by atoms with Gasteiger partial charge in [0.15, 0.2) is 0 Å². The summed E-state index contributed by atoms with van der Waals surface area (Å²) in [6.45, 7) is 4.00. The largest absolute Gasteiger partial charge is 1.00 e. The first-order chi connectivity index (χ1) is 5.41. The van der Waals surface area contributed by atoms with Gasteiger partial charge in [0.25, 0.3) is 0 Å². The third-order valence-corrected chi connectivity index (χ3v) is 0. The molecule has 0 amide bonds. The maximum Gasteiger partial charge on any atom is 1.00 e. The van der Waals surface area contributed by atoms with Crippen LogP contribution < -0.4 is 59.1 Å². The summed E-state index contributed by atoms with van der Waals surface area (Å²) in [4.78, 5) is 16.0. The van der Waals surface area contributed by atoms with Crippen molar-refractivity contribution in [2.45, 2.75) is 0 Å². The molecular formula is C2H8Na2O8S. The van der Waals surface area contributed by atoms with Gasteiger partial charge in [-0.2, -0.15) is 0 Å². The third kappa shape index (κ3) is 839. The van der Waals surface area contributed by atoms with Crippen LogP contribution in [0.25, 0.3) is 0 Å². The molecule has 0 unspecified atom stereocenters. The minimum absolute atomic E-state index is 0. The van der Waals surface area contributed by atoms with E-state index in [4.69, 9.17) is 39.7 Å². The van der Waals surface area contributed by atoms with Gasteiger partial charge in [0.05, 0.1) is 0 Å². The van der Waals surface area contributed by atoms with Crippen LogP contribution in [0.1, 0.15) is 0 Å². The van der Waals surface area contributed by atoms with Gasteiger partial charge in [-0.25, -0.2) is 0 Å². The Labute approximate surface area is 123 Å². The van der Waals surface area contributed by atoms with Crippen LogP contribution in [0, 0.1) is 0 Å². The molecule has 0 atom stereocenters. The van der Waals surface area contributed by atoms with Crippen molar-refractivity contribution >= 4 is 25.9 Å². The second-order valence-corrected chi connectivity index (χ2v) is 0.204. The maximum absolute atomic E-state index is 8.29. The zero-order chi connectivity index (χ0) is 10.7. The molecule has 0 aliphatic carbocycles. The number of hydrogen-bond acceptors (Lipinski definition) is 9. The Bertz CT molecular complexity index is 27.6. The van der Waals surface area contributed by atoms with E-state index >= 15 is 0 Å². The average molecular weight is 238 g/mol. The monoisotopic (exact) mass is 238 g/mol. The topological polar surface area (TPSA) is 161 Å². The molecule has 0 radical (unpaired) electrons. The molecule has 0 rings (SSSR count). The van der Waals surface area contributed by atoms with Crippen molar-refractivity contribution in [3.63, 3.8) is 0 Å². The molecule has 0 bridgehead atoms. The number of hydrogen-bond donors (Lipinski definition) is 4. The molecule has 0 saturated heterocycles. The molecule has 0 heterocycles. The predicted octanol–water partition coefficient (Wildman–Crippen LogP) is -6.35. The van der Waals surface area contributed by atoms with Crippen LogP contribution in [0.5, 0.6) is 0 Å². The number of rotatable bonds is 0. The van der Waals surface area contributed by atoms with Crippen LogP contribution in [0.4, 0.5) is 0 Å². The average Bonchev–Trinajstić information content (AvgIpc) is 2.18. The van der Waals surface area contributed by atoms with Crippen LogP contribution in [-0.4, -0.2) is 43.7 Å². The Kier molecular flexibility index (Phi) is 1260. The minimum Gasteiger partial charge on any atom is -0.811 e. The summed E-state index contributed by atoms with van der Waals surface area (Å²) < 4.78 is 16.6. The van der Waals surface area contributed by atoms with Gasteiger partial charge in [0.2, 0.25) is 0 Å². The Balaban J connectivity index is -0.00000000676. The van der Waals surface area contributed by atoms with Crippen molar-refractivity contribution in [2.75, 3.05) is 0 Å². The van der Waals surface area contributed by atoms with Gasteiger partial charge in [-0.15, -0.1) is 0 Å². The molecule has 8 nitrogen and oxygen atoms in total. The predicted molar refractivity (Wildman–Crippen MR) is 33.9 cm³/mol. The molecule has 4 N–H and O–H groups in total. The SMILES string of the molecule is C=O.C=O.OO.OO.[Na+].[Na+].[O-]S[O-]. The van der Waals surface area contributed by atoms with Crippen LogP contribution in [-0.2, 0) is 9.59 Å². The van der Waals surface area contributed by atoms with Gasteiger partial charge in [-0.05, 0) is 0 Å². The molecule has 0 saturated carbocycles. The molecule has 11 heteroatoms. The fourth-order valence-corrected chi connectivity index (χ4v) is 0. The van der Waals surface area contributed by atoms with E-state index in [-0.39, 0.29) is 59.1 Å². The Morgan fingerprint density at radius 3 is 0.769 bits per heavy atom. The van der Waals surface area contributed by atoms with Crippen molar-refractivity contribution in [1.82, 2.24) is 0 Å². The second-order valence-electron chi connectivity index (χ2n) is 0.0680. The standard InChI is InChI=1S/2CH2O.2Na.H2O2S.2H2O2/c2*1-2;;;1-3-2;2*1-2/h2*1H2;;;1-2H;2*1-2H/q;;2*+1;;;/p-2. The maximum atomic E-state index is 8.29. The quantitative estimate of drug-likeness (QED) is 0.139. The smallest absolute Gasteiger partial charge is 0.811 e. The Morgan fingerprint density at radius 2 is 0.769 bits per heavy atom. The van der Waals surface area contributed by atoms with E-state index in [2.05, 4.69) is 0 Å². The molecular weight excluding hydrogens is 230 g/mol. The first kappa shape index (κ1) is 47.1. The van der Waals surface area contributed by atoms with E-state index in [1.165, 1.54) is 0 Å². The first-order valence-electron chi connectivity index (χ1n) is 1.31. The van der Waals surface area contributed by atoms with Gasteiger partial charge >= 0.3 is 59.1 Å². The number of carbonyl (C=O) groups is 2. The van der Waals surface area contributed by atoms with Crippen LogP contribution in [0.2, 0.25) is 0 Å². The molecule has 13 heavy (non-hydrogen) atoms. The van der Waals surface area contributed by atoms with Gasteiger partial charge in [-0.3, -0.25) is 21.0 Å². The summed E-state index contributed by atoms with van der Waals surface area (Å²) in [6, 6.07) is 0. The molecule has 0 aliphatic rings. The van der Waals surface area contributed by atoms with Crippen molar-refractivity contribution in [3.8, 4) is 0 Å². The van der Waals surface area contributed by atoms with Crippen LogP contribution in [0.15, 0.2) is 0 Å². The number of carbonyl (C=O) groups excluding carboxylic acids is 2. The summed E-state index contributed by atoms with van der Waals surface area (Å²) in [5.74, 6) is 0. The molecule has 0 fully saturated rings. The summed E-state index contributed by atoms with van der Waals surface area (Å²) >= 11 is -0.750. The molecule has 0 aromatic carbocycles. The van der Waals surface area contributed by atoms with Gasteiger partial charge in [0.1, 0.15) is 13.6 Å². The van der Waals surface area contributed by atoms with E-state index in [0.29, 0.717) is 0 Å². The van der Waals surface area contributed by atoms with E-state index in [9.17, 15) is 0 Å². The summed E-state index contributed by atoms with van der Waals surface area (Å²) in [5.41, 5.74) is 0. The molecule has 72 valence electrons. The van der Waals surface area contributed by atoms with Crippen molar-refractivity contribution in [2.24, 2.45) is 0 Å². The van der Waals surface area contributed by atoms with Crippen molar-refractivity contribution < 1.29 is 98.8 Å². The fourth-order valence-electron chi connectivity index (χ4n) is 0. The van der Waals surface area contributed by atoms with E-state index < -0.39 is 12.3 Å². The van der Waals surface area contributed by atoms with Gasteiger partial charge < -0.3 is 31.0 Å². The van der Waals surface area contributed by atoms with Gasteiger partial charge in [-0.1, -0.05) is 0 Å². The third-order valence-electron chi connectivity index (χ3n) is 0. The fraction of sp³-hybridized carbons (Fsp3) is 0. The summed E-state index contributed by atoms with van der Waals surface area (Å²) in [5, 5.41) is 24.0. The second kappa shape index (κ2) is 347. The van der Waals surface area contributed by atoms with Crippen molar-refractivity contribution in [3.05, 3.63) is 0 Å². The first-order valence-corrected chi connectivity index (χ1v) is 1.98. The van der Waals surface area contributed by atoms with Crippen molar-refractivity contribution in [1.29, 1.82) is 0 Å². The molecule has 0 aliphatic heterocycles. The summed E-state index contributed by atoms with van der Waals surface area (Å²) in [6.07, 6.45) is 0. The van der Waals surface area contributed by atoms with E-state index in [1.54, 1.807) is 0 Å². The summed E-state index contributed by atoms with van der Waals surface area (Å²) in [7, 11) is 0. The van der Waals surface area contributed by atoms with E-state index in [0.717, 1.165) is 0 Å². The Hall–Kier alpha value is 1.45.